The third kappa shape index (κ3) is 4.66. The first-order valence-corrected chi connectivity index (χ1v) is 7.85. The lowest BCUT2D eigenvalue weighted by molar-refractivity contribution is 0.340. The molecule has 0 heterocycles. The van der Waals surface area contributed by atoms with Crippen molar-refractivity contribution in [1.29, 1.82) is 0 Å². The molecule has 22 heavy (non-hydrogen) atoms. The van der Waals surface area contributed by atoms with Crippen LogP contribution in [-0.2, 0) is 10.0 Å². The minimum atomic E-state index is -3.78. The first-order valence-electron chi connectivity index (χ1n) is 6.20. The molecule has 0 spiro atoms. The van der Waals surface area contributed by atoms with Gasteiger partial charge in [0.05, 0.1) is 5.69 Å². The van der Waals surface area contributed by atoms with Crippen molar-refractivity contribution in [1.82, 2.24) is 0 Å². The SMILES string of the molecule is O=S(=O)(CCOc1ccc(F)cc1)Nc1ccc(F)c(F)c1. The van der Waals surface area contributed by atoms with Crippen LogP contribution in [0.1, 0.15) is 0 Å². The van der Waals surface area contributed by atoms with Gasteiger partial charge in [0.2, 0.25) is 10.0 Å². The Bertz CT molecular complexity index is 748. The van der Waals surface area contributed by atoms with E-state index in [1.54, 1.807) is 0 Å². The number of rotatable bonds is 6. The summed E-state index contributed by atoms with van der Waals surface area (Å²) in [5.74, 6) is -2.72. The maximum absolute atomic E-state index is 13.0. The van der Waals surface area contributed by atoms with Crippen LogP contribution >= 0.6 is 0 Å². The van der Waals surface area contributed by atoms with E-state index in [0.717, 1.165) is 18.2 Å². The topological polar surface area (TPSA) is 55.4 Å². The zero-order valence-corrected chi connectivity index (χ0v) is 12.0. The normalized spacial score (nSPS) is 11.2. The third-order valence-electron chi connectivity index (χ3n) is 2.63. The summed E-state index contributed by atoms with van der Waals surface area (Å²) in [6.45, 7) is -0.176. The van der Waals surface area contributed by atoms with Crippen molar-refractivity contribution in [3.63, 3.8) is 0 Å². The summed E-state index contributed by atoms with van der Waals surface area (Å²) < 4.78 is 69.2. The Hall–Kier alpha value is -2.22. The summed E-state index contributed by atoms with van der Waals surface area (Å²) in [5, 5.41) is 0. The van der Waals surface area contributed by atoms with E-state index in [2.05, 4.69) is 4.72 Å². The van der Waals surface area contributed by atoms with Crippen LogP contribution in [0.25, 0.3) is 0 Å². The Labute approximate surface area is 125 Å². The standard InChI is InChI=1S/C14H12F3NO3S/c15-10-1-4-12(5-2-10)21-7-8-22(19,20)18-11-3-6-13(16)14(17)9-11/h1-6,9,18H,7-8H2. The van der Waals surface area contributed by atoms with Crippen LogP contribution in [0.4, 0.5) is 18.9 Å². The average Bonchev–Trinajstić information content (AvgIpc) is 2.45. The van der Waals surface area contributed by atoms with Crippen LogP contribution in [-0.4, -0.2) is 20.8 Å². The van der Waals surface area contributed by atoms with E-state index in [1.165, 1.54) is 24.3 Å². The summed E-state index contributed by atoms with van der Waals surface area (Å²) in [6, 6.07) is 7.77. The Kier molecular flexibility index (Phi) is 4.92. The highest BCUT2D eigenvalue weighted by molar-refractivity contribution is 7.92. The van der Waals surface area contributed by atoms with Gasteiger partial charge in [-0.05, 0) is 36.4 Å². The average molecular weight is 331 g/mol. The van der Waals surface area contributed by atoms with Crippen LogP contribution in [0.15, 0.2) is 42.5 Å². The molecule has 0 aliphatic heterocycles. The van der Waals surface area contributed by atoms with Gasteiger partial charge in [-0.1, -0.05) is 0 Å². The Morgan fingerprint density at radius 1 is 0.955 bits per heavy atom. The second-order valence-electron chi connectivity index (χ2n) is 4.35. The maximum Gasteiger partial charge on any atom is 0.236 e. The molecule has 0 aliphatic rings. The molecule has 0 bridgehead atoms. The van der Waals surface area contributed by atoms with Gasteiger partial charge in [-0.25, -0.2) is 21.6 Å². The smallest absolute Gasteiger partial charge is 0.236 e. The van der Waals surface area contributed by atoms with Crippen LogP contribution in [0, 0.1) is 17.5 Å². The second kappa shape index (κ2) is 6.69. The minimum absolute atomic E-state index is 0.0827. The first kappa shape index (κ1) is 16.2. The van der Waals surface area contributed by atoms with Crippen molar-refractivity contribution in [2.45, 2.75) is 0 Å². The molecule has 0 amide bonds. The number of anilines is 1. The molecule has 0 fully saturated rings. The van der Waals surface area contributed by atoms with Gasteiger partial charge < -0.3 is 4.74 Å². The number of benzene rings is 2. The van der Waals surface area contributed by atoms with Crippen molar-refractivity contribution < 1.29 is 26.3 Å². The van der Waals surface area contributed by atoms with Crippen LogP contribution in [0.2, 0.25) is 0 Å². The summed E-state index contributed by atoms with van der Waals surface area (Å²) in [4.78, 5) is 0. The van der Waals surface area contributed by atoms with Crippen molar-refractivity contribution in [2.75, 3.05) is 17.1 Å². The molecule has 4 nitrogen and oxygen atoms in total. The predicted octanol–water partition coefficient (Wildman–Crippen LogP) is 2.92. The summed E-state index contributed by atoms with van der Waals surface area (Å²) in [7, 11) is -3.78. The lowest BCUT2D eigenvalue weighted by Crippen LogP contribution is -2.21. The monoisotopic (exact) mass is 331 g/mol. The highest BCUT2D eigenvalue weighted by Crippen LogP contribution is 2.15. The number of halogens is 3. The molecule has 0 unspecified atom stereocenters. The molecule has 2 aromatic carbocycles. The number of sulfonamides is 1. The highest BCUT2D eigenvalue weighted by Gasteiger charge is 2.12. The minimum Gasteiger partial charge on any atom is -0.492 e. The molecule has 2 aromatic rings. The van der Waals surface area contributed by atoms with Crippen molar-refractivity contribution in [2.24, 2.45) is 0 Å². The van der Waals surface area contributed by atoms with Gasteiger partial charge in [-0.3, -0.25) is 4.72 Å². The van der Waals surface area contributed by atoms with E-state index in [-0.39, 0.29) is 12.3 Å². The quantitative estimate of drug-likeness (QED) is 0.885. The van der Waals surface area contributed by atoms with Gasteiger partial charge in [0.25, 0.3) is 0 Å². The molecule has 118 valence electrons. The molecule has 2 rings (SSSR count). The van der Waals surface area contributed by atoms with E-state index in [9.17, 15) is 21.6 Å². The molecule has 0 radical (unpaired) electrons. The fourth-order valence-electron chi connectivity index (χ4n) is 1.59. The van der Waals surface area contributed by atoms with E-state index in [0.29, 0.717) is 5.75 Å². The summed E-state index contributed by atoms with van der Waals surface area (Å²) >= 11 is 0. The second-order valence-corrected chi connectivity index (χ2v) is 6.19. The lowest BCUT2D eigenvalue weighted by Gasteiger charge is -2.09. The van der Waals surface area contributed by atoms with E-state index in [1.807, 2.05) is 0 Å². The summed E-state index contributed by atoms with van der Waals surface area (Å²) in [6.07, 6.45) is 0. The third-order valence-corrected chi connectivity index (χ3v) is 3.88. The number of nitrogens with one attached hydrogen (secondary N) is 1. The first-order chi connectivity index (χ1) is 10.4. The molecular formula is C14H12F3NO3S. The van der Waals surface area contributed by atoms with E-state index >= 15 is 0 Å². The van der Waals surface area contributed by atoms with Crippen molar-refractivity contribution in [3.05, 3.63) is 59.9 Å². The zero-order valence-electron chi connectivity index (χ0n) is 11.2. The largest absolute Gasteiger partial charge is 0.492 e. The molecule has 1 N–H and O–H groups in total. The van der Waals surface area contributed by atoms with Gasteiger partial charge in [-0.2, -0.15) is 0 Å². The number of hydrogen-bond donors (Lipinski definition) is 1. The van der Waals surface area contributed by atoms with Gasteiger partial charge in [0, 0.05) is 6.07 Å². The fraction of sp³-hybridized carbons (Fsp3) is 0.143. The molecule has 8 heteroatoms. The van der Waals surface area contributed by atoms with Crippen molar-refractivity contribution in [3.8, 4) is 5.75 Å². The molecule has 0 saturated carbocycles. The van der Waals surface area contributed by atoms with Gasteiger partial charge in [0.1, 0.15) is 23.9 Å². The molecular weight excluding hydrogens is 319 g/mol. The van der Waals surface area contributed by atoms with E-state index in [4.69, 9.17) is 4.74 Å². The Balaban J connectivity index is 1.90. The van der Waals surface area contributed by atoms with Gasteiger partial charge in [0.15, 0.2) is 11.6 Å². The highest BCUT2D eigenvalue weighted by atomic mass is 32.2. The summed E-state index contributed by atoms with van der Waals surface area (Å²) in [5.41, 5.74) is -0.0827. The number of hydrogen-bond acceptors (Lipinski definition) is 3. The van der Waals surface area contributed by atoms with Crippen LogP contribution < -0.4 is 9.46 Å². The van der Waals surface area contributed by atoms with Crippen molar-refractivity contribution >= 4 is 15.7 Å². The van der Waals surface area contributed by atoms with Crippen LogP contribution in [0.5, 0.6) is 5.75 Å². The van der Waals surface area contributed by atoms with Gasteiger partial charge in [-0.15, -0.1) is 0 Å². The predicted molar refractivity (Wildman–Crippen MR) is 75.7 cm³/mol. The maximum atomic E-state index is 13.0. The molecule has 0 aliphatic carbocycles. The lowest BCUT2D eigenvalue weighted by atomic mass is 10.3. The number of ether oxygens (including phenoxy) is 1. The van der Waals surface area contributed by atoms with Gasteiger partial charge >= 0.3 is 0 Å². The molecule has 0 aromatic heterocycles. The fourth-order valence-corrected chi connectivity index (χ4v) is 2.48. The Morgan fingerprint density at radius 2 is 1.64 bits per heavy atom. The van der Waals surface area contributed by atoms with E-state index < -0.39 is 33.2 Å². The van der Waals surface area contributed by atoms with Crippen LogP contribution in [0.3, 0.4) is 0 Å². The Morgan fingerprint density at radius 3 is 2.27 bits per heavy atom. The molecule has 0 atom stereocenters. The zero-order chi connectivity index (χ0) is 16.2. The molecule has 0 saturated heterocycles.